The molecule has 32 heavy (non-hydrogen) atoms. The van der Waals surface area contributed by atoms with Gasteiger partial charge in [-0.25, -0.2) is 4.98 Å². The molecule has 0 saturated heterocycles. The molecule has 0 aliphatic heterocycles. The average molecular weight is 463 g/mol. The standard InChI is InChI=1S/C23H18N4O3S2/c1-2-29-16-11-9-15(10-12-16)27-22(28)17-6-3-4-7-18(17)24-23(27)32-14-20-25-21(26-30-20)19-8-5-13-31-19/h3-13H,2,14H2,1H3. The number of nitrogens with zero attached hydrogens (tertiary/aromatic N) is 4. The third kappa shape index (κ3) is 4.04. The summed E-state index contributed by atoms with van der Waals surface area (Å²) in [5.74, 6) is 2.17. The first-order valence-electron chi connectivity index (χ1n) is 9.97. The number of thioether (sulfide) groups is 1. The minimum absolute atomic E-state index is 0.132. The van der Waals surface area contributed by atoms with Crippen molar-refractivity contribution >= 4 is 34.0 Å². The highest BCUT2D eigenvalue weighted by molar-refractivity contribution is 7.98. The van der Waals surface area contributed by atoms with Crippen molar-refractivity contribution in [2.45, 2.75) is 17.8 Å². The summed E-state index contributed by atoms with van der Waals surface area (Å²) in [5.41, 5.74) is 1.23. The lowest BCUT2D eigenvalue weighted by atomic mass is 10.2. The van der Waals surface area contributed by atoms with Crippen LogP contribution in [0.25, 0.3) is 27.3 Å². The van der Waals surface area contributed by atoms with Gasteiger partial charge in [-0.05, 0) is 54.8 Å². The summed E-state index contributed by atoms with van der Waals surface area (Å²) in [6, 6.07) is 18.6. The molecule has 3 aromatic heterocycles. The minimum Gasteiger partial charge on any atom is -0.494 e. The van der Waals surface area contributed by atoms with E-state index in [4.69, 9.17) is 14.2 Å². The normalized spacial score (nSPS) is 11.2. The van der Waals surface area contributed by atoms with Gasteiger partial charge in [0.25, 0.3) is 5.56 Å². The molecule has 160 valence electrons. The quantitative estimate of drug-likeness (QED) is 0.243. The Bertz CT molecular complexity index is 1410. The number of thiophene rings is 1. The van der Waals surface area contributed by atoms with Gasteiger partial charge in [0.15, 0.2) is 5.16 Å². The van der Waals surface area contributed by atoms with Gasteiger partial charge in [-0.1, -0.05) is 35.1 Å². The van der Waals surface area contributed by atoms with Crippen LogP contribution in [-0.4, -0.2) is 26.3 Å². The fourth-order valence-corrected chi connectivity index (χ4v) is 4.74. The van der Waals surface area contributed by atoms with Crippen LogP contribution in [0.4, 0.5) is 0 Å². The van der Waals surface area contributed by atoms with Crippen LogP contribution in [0.2, 0.25) is 0 Å². The second kappa shape index (κ2) is 8.97. The Morgan fingerprint density at radius 1 is 1.06 bits per heavy atom. The van der Waals surface area contributed by atoms with Crippen molar-refractivity contribution in [2.24, 2.45) is 0 Å². The Kier molecular flexibility index (Phi) is 5.74. The average Bonchev–Trinajstić information content (AvgIpc) is 3.51. The fourth-order valence-electron chi connectivity index (χ4n) is 3.24. The Labute approximate surface area is 191 Å². The van der Waals surface area contributed by atoms with E-state index in [0.29, 0.717) is 45.8 Å². The van der Waals surface area contributed by atoms with Crippen molar-refractivity contribution in [3.63, 3.8) is 0 Å². The molecule has 0 N–H and O–H groups in total. The number of ether oxygens (including phenoxy) is 1. The van der Waals surface area contributed by atoms with Crippen molar-refractivity contribution in [3.8, 4) is 22.1 Å². The third-order valence-corrected chi connectivity index (χ3v) is 6.47. The molecule has 0 aliphatic rings. The summed E-state index contributed by atoms with van der Waals surface area (Å²) in [6.07, 6.45) is 0. The van der Waals surface area contributed by atoms with Crippen molar-refractivity contribution < 1.29 is 9.26 Å². The highest BCUT2D eigenvalue weighted by Gasteiger charge is 2.16. The fraction of sp³-hybridized carbons (Fsp3) is 0.130. The van der Waals surface area contributed by atoms with E-state index >= 15 is 0 Å². The van der Waals surface area contributed by atoms with E-state index in [9.17, 15) is 4.79 Å². The number of rotatable bonds is 7. The van der Waals surface area contributed by atoms with E-state index < -0.39 is 0 Å². The molecule has 7 nitrogen and oxygen atoms in total. The summed E-state index contributed by atoms with van der Waals surface area (Å²) >= 11 is 2.93. The molecule has 0 spiro atoms. The second-order valence-corrected chi connectivity index (χ2v) is 8.65. The predicted molar refractivity (Wildman–Crippen MR) is 126 cm³/mol. The van der Waals surface area contributed by atoms with Gasteiger partial charge < -0.3 is 9.26 Å². The van der Waals surface area contributed by atoms with Gasteiger partial charge in [0.2, 0.25) is 11.7 Å². The summed E-state index contributed by atoms with van der Waals surface area (Å²) in [6.45, 7) is 2.51. The minimum atomic E-state index is -0.132. The lowest BCUT2D eigenvalue weighted by Gasteiger charge is -2.13. The molecule has 2 aromatic carbocycles. The van der Waals surface area contributed by atoms with E-state index in [1.54, 1.807) is 22.0 Å². The molecular formula is C23H18N4O3S2. The Morgan fingerprint density at radius 2 is 1.91 bits per heavy atom. The number of benzene rings is 2. The molecule has 0 aliphatic carbocycles. The van der Waals surface area contributed by atoms with E-state index in [2.05, 4.69) is 10.1 Å². The molecule has 0 bridgehead atoms. The van der Waals surface area contributed by atoms with Gasteiger partial charge in [-0.2, -0.15) is 4.98 Å². The lowest BCUT2D eigenvalue weighted by molar-refractivity contribution is 0.340. The number of para-hydroxylation sites is 1. The van der Waals surface area contributed by atoms with Crippen LogP contribution >= 0.6 is 23.1 Å². The largest absolute Gasteiger partial charge is 0.494 e. The highest BCUT2D eigenvalue weighted by Crippen LogP contribution is 2.27. The van der Waals surface area contributed by atoms with Gasteiger partial charge in [-0.3, -0.25) is 9.36 Å². The van der Waals surface area contributed by atoms with Crippen molar-refractivity contribution in [2.75, 3.05) is 6.61 Å². The molecule has 0 fully saturated rings. The van der Waals surface area contributed by atoms with Gasteiger partial charge >= 0.3 is 0 Å². The van der Waals surface area contributed by atoms with Crippen LogP contribution in [0.5, 0.6) is 5.75 Å². The van der Waals surface area contributed by atoms with Gasteiger partial charge in [0.05, 0.1) is 33.8 Å². The van der Waals surface area contributed by atoms with E-state index in [1.807, 2.05) is 66.9 Å². The zero-order valence-corrected chi connectivity index (χ0v) is 18.7. The van der Waals surface area contributed by atoms with Gasteiger partial charge in [0, 0.05) is 0 Å². The maximum atomic E-state index is 13.4. The smallest absolute Gasteiger partial charge is 0.266 e. The first-order chi connectivity index (χ1) is 15.7. The van der Waals surface area contributed by atoms with Crippen molar-refractivity contribution in [1.29, 1.82) is 0 Å². The molecule has 0 unspecified atom stereocenters. The molecule has 0 radical (unpaired) electrons. The zero-order valence-electron chi connectivity index (χ0n) is 17.1. The monoisotopic (exact) mass is 462 g/mol. The van der Waals surface area contributed by atoms with E-state index in [-0.39, 0.29) is 5.56 Å². The number of hydrogen-bond donors (Lipinski definition) is 0. The zero-order chi connectivity index (χ0) is 21.9. The summed E-state index contributed by atoms with van der Waals surface area (Å²) in [4.78, 5) is 23.5. The molecular weight excluding hydrogens is 444 g/mol. The summed E-state index contributed by atoms with van der Waals surface area (Å²) in [5, 5.41) is 7.13. The van der Waals surface area contributed by atoms with Gasteiger partial charge in [-0.15, -0.1) is 11.3 Å². The second-order valence-electron chi connectivity index (χ2n) is 6.76. The van der Waals surface area contributed by atoms with E-state index in [0.717, 1.165) is 10.6 Å². The lowest BCUT2D eigenvalue weighted by Crippen LogP contribution is -2.21. The summed E-state index contributed by atoms with van der Waals surface area (Å²) < 4.78 is 12.6. The SMILES string of the molecule is CCOc1ccc(-n2c(SCc3nc(-c4cccs4)no3)nc3ccccc3c2=O)cc1. The number of hydrogen-bond acceptors (Lipinski definition) is 8. The first kappa shape index (κ1) is 20.5. The Hall–Kier alpha value is -3.43. The van der Waals surface area contributed by atoms with Crippen LogP contribution in [0.15, 0.2) is 80.5 Å². The Balaban J connectivity index is 1.51. The van der Waals surface area contributed by atoms with Crippen LogP contribution in [0.1, 0.15) is 12.8 Å². The molecule has 0 atom stereocenters. The molecule has 0 amide bonds. The topological polar surface area (TPSA) is 83.0 Å². The highest BCUT2D eigenvalue weighted by atomic mass is 32.2. The summed E-state index contributed by atoms with van der Waals surface area (Å²) in [7, 11) is 0. The van der Waals surface area contributed by atoms with Crippen LogP contribution < -0.4 is 10.3 Å². The maximum absolute atomic E-state index is 13.4. The molecule has 3 heterocycles. The molecule has 0 saturated carbocycles. The first-order valence-corrected chi connectivity index (χ1v) is 11.8. The Morgan fingerprint density at radius 3 is 2.69 bits per heavy atom. The number of fused-ring (bicyclic) bond motifs is 1. The van der Waals surface area contributed by atoms with Crippen LogP contribution in [0, 0.1) is 0 Å². The van der Waals surface area contributed by atoms with Crippen molar-refractivity contribution in [3.05, 3.63) is 82.3 Å². The third-order valence-electron chi connectivity index (χ3n) is 4.69. The molecule has 9 heteroatoms. The van der Waals surface area contributed by atoms with Crippen molar-refractivity contribution in [1.82, 2.24) is 19.7 Å². The maximum Gasteiger partial charge on any atom is 0.266 e. The van der Waals surface area contributed by atoms with Gasteiger partial charge in [0.1, 0.15) is 5.75 Å². The van der Waals surface area contributed by atoms with E-state index in [1.165, 1.54) is 11.8 Å². The molecule has 5 rings (SSSR count). The van der Waals surface area contributed by atoms with Crippen LogP contribution in [0.3, 0.4) is 0 Å². The van der Waals surface area contributed by atoms with Crippen LogP contribution in [-0.2, 0) is 5.75 Å². The molecule has 5 aromatic rings. The number of aromatic nitrogens is 4. The predicted octanol–water partition coefficient (Wildman–Crippen LogP) is 5.19.